The van der Waals surface area contributed by atoms with Crippen LogP contribution in [0.25, 0.3) is 0 Å². The fourth-order valence-corrected chi connectivity index (χ4v) is 1.11. The highest BCUT2D eigenvalue weighted by atomic mass is 35.5. The monoisotopic (exact) mass is 229 g/mol. The number of nitrogens with one attached hydrogen (secondary N) is 1. The van der Waals surface area contributed by atoms with Crippen molar-refractivity contribution in [3.8, 4) is 0 Å². The van der Waals surface area contributed by atoms with E-state index in [0.717, 1.165) is 0 Å². The molecule has 0 unspecified atom stereocenters. The molecule has 15 heavy (non-hydrogen) atoms. The summed E-state index contributed by atoms with van der Waals surface area (Å²) in [6.07, 6.45) is 2.37. The van der Waals surface area contributed by atoms with Crippen LogP contribution in [0.5, 0.6) is 0 Å². The van der Waals surface area contributed by atoms with Crippen molar-refractivity contribution in [1.29, 1.82) is 0 Å². The molecule has 6 nitrogen and oxygen atoms in total. The molecule has 0 radical (unpaired) electrons. The lowest BCUT2D eigenvalue weighted by molar-refractivity contribution is -0.118. The highest BCUT2D eigenvalue weighted by Gasteiger charge is 2.02. The quantitative estimate of drug-likeness (QED) is 0.500. The number of rotatable bonds is 5. The maximum Gasteiger partial charge on any atom is 0.224 e. The van der Waals surface area contributed by atoms with Gasteiger partial charge in [0.1, 0.15) is 0 Å². The summed E-state index contributed by atoms with van der Waals surface area (Å²) in [6.45, 7) is 0.556. The maximum absolute atomic E-state index is 10.5. The minimum absolute atomic E-state index is 0.126. The fraction of sp³-hybridized carbons (Fsp3) is 0.375. The summed E-state index contributed by atoms with van der Waals surface area (Å²) in [5, 5.41) is 3.07. The highest BCUT2D eigenvalue weighted by molar-refractivity contribution is 6.28. The van der Waals surface area contributed by atoms with Crippen molar-refractivity contribution in [2.45, 2.75) is 12.8 Å². The van der Waals surface area contributed by atoms with E-state index in [9.17, 15) is 4.79 Å². The van der Waals surface area contributed by atoms with Gasteiger partial charge < -0.3 is 16.8 Å². The molecule has 0 aliphatic rings. The van der Waals surface area contributed by atoms with Crippen LogP contribution in [0.4, 0.5) is 11.5 Å². The third-order valence-corrected chi connectivity index (χ3v) is 1.86. The van der Waals surface area contributed by atoms with Crippen LogP contribution in [-0.2, 0) is 4.79 Å². The Hall–Kier alpha value is -1.56. The number of hydrogen-bond donors (Lipinski definition) is 3. The average molecular weight is 230 g/mol. The molecule has 1 amide bonds. The number of aromatic nitrogens is 2. The fourth-order valence-electron chi connectivity index (χ4n) is 0.981. The Labute approximate surface area is 92.0 Å². The number of nitrogen functional groups attached to an aromatic ring is 1. The first-order valence-electron chi connectivity index (χ1n) is 4.40. The lowest BCUT2D eigenvalue weighted by Gasteiger charge is -2.06. The van der Waals surface area contributed by atoms with Crippen molar-refractivity contribution in [3.63, 3.8) is 0 Å². The summed E-state index contributed by atoms with van der Waals surface area (Å²) in [6, 6.07) is 0. The first-order chi connectivity index (χ1) is 7.09. The van der Waals surface area contributed by atoms with Gasteiger partial charge in [0, 0.05) is 13.0 Å². The summed E-state index contributed by atoms with van der Waals surface area (Å²) < 4.78 is 0. The van der Waals surface area contributed by atoms with Gasteiger partial charge in [-0.15, -0.1) is 0 Å². The maximum atomic E-state index is 10.5. The molecule has 1 rings (SSSR count). The van der Waals surface area contributed by atoms with Crippen LogP contribution < -0.4 is 16.8 Å². The van der Waals surface area contributed by atoms with Gasteiger partial charge in [0.05, 0.1) is 11.9 Å². The number of anilines is 2. The number of nitrogens with zero attached hydrogens (tertiary/aromatic N) is 2. The SMILES string of the molecule is NC(=O)CCCNc1nc(Cl)ncc1N. The second kappa shape index (κ2) is 5.35. The van der Waals surface area contributed by atoms with Crippen LogP contribution in [-0.4, -0.2) is 22.4 Å². The second-order valence-corrected chi connectivity index (χ2v) is 3.28. The number of primary amides is 1. The predicted octanol–water partition coefficient (Wildman–Crippen LogP) is 0.390. The van der Waals surface area contributed by atoms with Crippen LogP contribution in [0, 0.1) is 0 Å². The van der Waals surface area contributed by atoms with E-state index >= 15 is 0 Å². The molecule has 5 N–H and O–H groups in total. The average Bonchev–Trinajstić information content (AvgIpc) is 2.17. The van der Waals surface area contributed by atoms with Crippen LogP contribution in [0.2, 0.25) is 5.28 Å². The molecule has 0 fully saturated rings. The smallest absolute Gasteiger partial charge is 0.224 e. The van der Waals surface area contributed by atoms with Crippen molar-refractivity contribution in [2.24, 2.45) is 5.73 Å². The molecule has 0 bridgehead atoms. The Morgan fingerprint density at radius 3 is 3.00 bits per heavy atom. The van der Waals surface area contributed by atoms with Crippen molar-refractivity contribution < 1.29 is 4.79 Å². The molecular weight excluding hydrogens is 218 g/mol. The Morgan fingerprint density at radius 2 is 2.33 bits per heavy atom. The third-order valence-electron chi connectivity index (χ3n) is 1.68. The number of hydrogen-bond acceptors (Lipinski definition) is 5. The van der Waals surface area contributed by atoms with Gasteiger partial charge in [0.15, 0.2) is 5.82 Å². The van der Waals surface area contributed by atoms with E-state index in [4.69, 9.17) is 23.1 Å². The van der Waals surface area contributed by atoms with Gasteiger partial charge in [-0.05, 0) is 18.0 Å². The van der Waals surface area contributed by atoms with Gasteiger partial charge in [0.25, 0.3) is 0 Å². The van der Waals surface area contributed by atoms with Gasteiger partial charge in [0.2, 0.25) is 11.2 Å². The zero-order valence-corrected chi connectivity index (χ0v) is 8.79. The molecule has 0 aliphatic heterocycles. The van der Waals surface area contributed by atoms with E-state index in [1.54, 1.807) is 0 Å². The van der Waals surface area contributed by atoms with Crippen LogP contribution in [0.1, 0.15) is 12.8 Å². The van der Waals surface area contributed by atoms with Crippen molar-refractivity contribution in [3.05, 3.63) is 11.5 Å². The zero-order chi connectivity index (χ0) is 11.3. The number of carbonyl (C=O) groups is 1. The minimum Gasteiger partial charge on any atom is -0.394 e. The van der Waals surface area contributed by atoms with Crippen molar-refractivity contribution >= 4 is 29.0 Å². The number of nitrogens with two attached hydrogens (primary N) is 2. The molecule has 0 spiro atoms. The molecule has 1 aromatic heterocycles. The van der Waals surface area contributed by atoms with E-state index < -0.39 is 0 Å². The number of amides is 1. The number of carbonyl (C=O) groups excluding carboxylic acids is 1. The van der Waals surface area contributed by atoms with Crippen LogP contribution >= 0.6 is 11.6 Å². The predicted molar refractivity (Wildman–Crippen MR) is 58.4 cm³/mol. The summed E-state index contributed by atoms with van der Waals surface area (Å²) in [5.74, 6) is 0.143. The van der Waals surface area contributed by atoms with Crippen molar-refractivity contribution in [2.75, 3.05) is 17.6 Å². The first kappa shape index (κ1) is 11.5. The van der Waals surface area contributed by atoms with Gasteiger partial charge in [-0.3, -0.25) is 4.79 Å². The van der Waals surface area contributed by atoms with E-state index in [-0.39, 0.29) is 11.2 Å². The van der Waals surface area contributed by atoms with Crippen LogP contribution in [0.15, 0.2) is 6.20 Å². The molecule has 7 heteroatoms. The lowest BCUT2D eigenvalue weighted by Crippen LogP contribution is -2.13. The minimum atomic E-state index is -0.328. The van der Waals surface area contributed by atoms with Gasteiger partial charge in [-0.25, -0.2) is 4.98 Å². The summed E-state index contributed by atoms with van der Waals surface area (Å²) in [7, 11) is 0. The Balaban J connectivity index is 2.43. The normalized spacial score (nSPS) is 9.93. The highest BCUT2D eigenvalue weighted by Crippen LogP contribution is 2.15. The Bertz CT molecular complexity index is 357. The summed E-state index contributed by atoms with van der Waals surface area (Å²) >= 11 is 5.59. The molecule has 1 aromatic rings. The van der Waals surface area contributed by atoms with Crippen molar-refractivity contribution in [1.82, 2.24) is 9.97 Å². The van der Waals surface area contributed by atoms with E-state index in [0.29, 0.717) is 30.9 Å². The molecular formula is C8H12ClN5O. The first-order valence-corrected chi connectivity index (χ1v) is 4.77. The van der Waals surface area contributed by atoms with Gasteiger partial charge in [-0.2, -0.15) is 4.98 Å². The summed E-state index contributed by atoms with van der Waals surface area (Å²) in [5.41, 5.74) is 11.0. The van der Waals surface area contributed by atoms with E-state index in [2.05, 4.69) is 15.3 Å². The largest absolute Gasteiger partial charge is 0.394 e. The molecule has 0 aromatic carbocycles. The second-order valence-electron chi connectivity index (χ2n) is 2.94. The molecule has 0 saturated carbocycles. The number of halogens is 1. The molecule has 0 saturated heterocycles. The Kier molecular flexibility index (Phi) is 4.11. The summed E-state index contributed by atoms with van der Waals surface area (Å²) in [4.78, 5) is 18.1. The topological polar surface area (TPSA) is 107 Å². The lowest BCUT2D eigenvalue weighted by atomic mass is 10.3. The standard InChI is InChI=1S/C8H12ClN5O/c9-8-13-4-5(10)7(14-8)12-3-1-2-6(11)15/h4H,1-3,10H2,(H2,11,15)(H,12,13,14). The third kappa shape index (κ3) is 3.99. The molecule has 1 heterocycles. The van der Waals surface area contributed by atoms with Gasteiger partial charge in [-0.1, -0.05) is 0 Å². The zero-order valence-electron chi connectivity index (χ0n) is 8.03. The molecule has 0 aliphatic carbocycles. The molecule has 0 atom stereocenters. The van der Waals surface area contributed by atoms with E-state index in [1.165, 1.54) is 6.20 Å². The van der Waals surface area contributed by atoms with Crippen LogP contribution in [0.3, 0.4) is 0 Å². The Morgan fingerprint density at radius 1 is 1.60 bits per heavy atom. The molecule has 82 valence electrons. The van der Waals surface area contributed by atoms with Gasteiger partial charge >= 0.3 is 0 Å². The van der Waals surface area contributed by atoms with E-state index in [1.807, 2.05) is 0 Å².